The second-order valence-corrected chi connectivity index (χ2v) is 9.58. The predicted molar refractivity (Wildman–Crippen MR) is 119 cm³/mol. The van der Waals surface area contributed by atoms with E-state index in [-0.39, 0.29) is 6.09 Å². The van der Waals surface area contributed by atoms with E-state index >= 15 is 0 Å². The van der Waals surface area contributed by atoms with E-state index in [2.05, 4.69) is 26.0 Å². The van der Waals surface area contributed by atoms with E-state index in [0.717, 1.165) is 59.2 Å². The van der Waals surface area contributed by atoms with Gasteiger partial charge >= 0.3 is 6.09 Å². The Morgan fingerprint density at radius 3 is 2.73 bits per heavy atom. The van der Waals surface area contributed by atoms with Gasteiger partial charge in [-0.1, -0.05) is 6.07 Å². The fraction of sp³-hybridized carbons (Fsp3) is 0.455. The lowest BCUT2D eigenvalue weighted by molar-refractivity contribution is 0.0177. The van der Waals surface area contributed by atoms with Gasteiger partial charge in [-0.05, 0) is 67.6 Å². The molecule has 1 aliphatic heterocycles. The monoisotopic (exact) mass is 471 g/mol. The van der Waals surface area contributed by atoms with Gasteiger partial charge in [0.15, 0.2) is 0 Å². The van der Waals surface area contributed by atoms with Crippen LogP contribution in [0.5, 0.6) is 0 Å². The Hall–Kier alpha value is -2.48. The van der Waals surface area contributed by atoms with Crippen molar-refractivity contribution in [2.45, 2.75) is 45.8 Å². The first-order valence-corrected chi connectivity index (χ1v) is 11.0. The molecule has 1 aliphatic rings. The number of rotatable bonds is 3. The van der Waals surface area contributed by atoms with Crippen molar-refractivity contribution in [1.82, 2.24) is 24.6 Å². The summed E-state index contributed by atoms with van der Waals surface area (Å²) in [6, 6.07) is 5.87. The number of ether oxygens (including phenoxy) is 1. The number of fused-ring (bicyclic) bond motifs is 1. The Kier molecular flexibility index (Phi) is 5.77. The molecule has 8 heteroatoms. The second kappa shape index (κ2) is 8.34. The molecule has 1 fully saturated rings. The predicted octanol–water partition coefficient (Wildman–Crippen LogP) is 4.90. The first-order chi connectivity index (χ1) is 14.3. The Morgan fingerprint density at radius 2 is 2.00 bits per heavy atom. The molecule has 0 bridgehead atoms. The molecular weight excluding hydrogens is 446 g/mol. The molecule has 30 heavy (non-hydrogen) atoms. The van der Waals surface area contributed by atoms with Gasteiger partial charge in [0, 0.05) is 35.9 Å². The van der Waals surface area contributed by atoms with Gasteiger partial charge in [0.25, 0.3) is 0 Å². The van der Waals surface area contributed by atoms with Crippen LogP contribution < -0.4 is 0 Å². The number of carbonyl (C=O) groups is 1. The van der Waals surface area contributed by atoms with Crippen LogP contribution in [0.1, 0.15) is 33.6 Å². The minimum atomic E-state index is -0.458. The average molecular weight is 472 g/mol. The number of aromatic nitrogens is 4. The lowest BCUT2D eigenvalue weighted by atomic mass is 9.97. The van der Waals surface area contributed by atoms with Crippen molar-refractivity contribution >= 4 is 33.1 Å². The Bertz CT molecular complexity index is 1050. The molecule has 0 saturated carbocycles. The van der Waals surface area contributed by atoms with Gasteiger partial charge in [-0.3, -0.25) is 9.67 Å². The maximum Gasteiger partial charge on any atom is 0.410 e. The lowest BCUT2D eigenvalue weighted by Crippen LogP contribution is -2.42. The van der Waals surface area contributed by atoms with Gasteiger partial charge in [0.05, 0.1) is 23.6 Å². The smallest absolute Gasteiger partial charge is 0.410 e. The number of benzene rings is 1. The Labute approximate surface area is 184 Å². The normalized spacial score (nSPS) is 15.5. The maximum atomic E-state index is 12.2. The van der Waals surface area contributed by atoms with Crippen LogP contribution in [0, 0.1) is 5.92 Å². The molecule has 0 unspecified atom stereocenters. The number of halogens is 1. The van der Waals surface area contributed by atoms with E-state index < -0.39 is 5.60 Å². The highest BCUT2D eigenvalue weighted by Gasteiger charge is 2.27. The molecule has 0 atom stereocenters. The molecule has 3 heterocycles. The molecule has 1 amide bonds. The van der Waals surface area contributed by atoms with Crippen molar-refractivity contribution in [2.75, 3.05) is 13.1 Å². The minimum Gasteiger partial charge on any atom is -0.444 e. The summed E-state index contributed by atoms with van der Waals surface area (Å²) in [4.78, 5) is 23.3. The van der Waals surface area contributed by atoms with Crippen LogP contribution in [0.2, 0.25) is 0 Å². The van der Waals surface area contributed by atoms with E-state index in [9.17, 15) is 4.79 Å². The molecule has 1 saturated heterocycles. The summed E-state index contributed by atoms with van der Waals surface area (Å²) in [6.07, 6.45) is 7.31. The number of nitrogens with zero attached hydrogens (tertiary/aromatic N) is 5. The van der Waals surface area contributed by atoms with E-state index in [1.54, 1.807) is 11.1 Å². The third kappa shape index (κ3) is 4.80. The number of carbonyl (C=O) groups excluding carboxylic acids is 1. The highest BCUT2D eigenvalue weighted by molar-refractivity contribution is 9.10. The maximum absolute atomic E-state index is 12.2. The number of piperidine rings is 1. The highest BCUT2D eigenvalue weighted by atomic mass is 79.9. The van der Waals surface area contributed by atoms with Crippen molar-refractivity contribution in [3.05, 3.63) is 41.3 Å². The molecule has 7 nitrogen and oxygen atoms in total. The SMILES string of the molecule is CC(C)(C)OC(=O)N1CCC(Cn2cc(-c3cnc4cccc(Br)c4n3)cn2)CC1. The van der Waals surface area contributed by atoms with Gasteiger partial charge in [-0.2, -0.15) is 5.10 Å². The molecule has 158 valence electrons. The zero-order valence-electron chi connectivity index (χ0n) is 17.5. The van der Waals surface area contributed by atoms with Crippen LogP contribution in [0.4, 0.5) is 4.79 Å². The molecule has 3 aromatic rings. The average Bonchev–Trinajstić information content (AvgIpc) is 3.16. The summed E-state index contributed by atoms with van der Waals surface area (Å²) in [5.41, 5.74) is 3.00. The zero-order chi connectivity index (χ0) is 21.3. The quantitative estimate of drug-likeness (QED) is 0.542. The second-order valence-electron chi connectivity index (χ2n) is 8.72. The van der Waals surface area contributed by atoms with Gasteiger partial charge < -0.3 is 9.64 Å². The third-order valence-electron chi connectivity index (χ3n) is 5.16. The molecule has 0 N–H and O–H groups in total. The molecule has 2 aromatic heterocycles. The van der Waals surface area contributed by atoms with Crippen LogP contribution in [0.3, 0.4) is 0 Å². The summed E-state index contributed by atoms with van der Waals surface area (Å²) in [6.45, 7) is 7.95. The summed E-state index contributed by atoms with van der Waals surface area (Å²) in [5, 5.41) is 4.52. The van der Waals surface area contributed by atoms with Gasteiger partial charge in [0.2, 0.25) is 0 Å². The van der Waals surface area contributed by atoms with Gasteiger partial charge in [-0.25, -0.2) is 9.78 Å². The molecule has 0 spiro atoms. The minimum absolute atomic E-state index is 0.219. The van der Waals surface area contributed by atoms with Crippen molar-refractivity contribution in [3.8, 4) is 11.3 Å². The van der Waals surface area contributed by atoms with Crippen molar-refractivity contribution in [1.29, 1.82) is 0 Å². The fourth-order valence-electron chi connectivity index (χ4n) is 3.62. The number of amides is 1. The number of hydrogen-bond acceptors (Lipinski definition) is 5. The standard InChI is InChI=1S/C22H26BrN5O2/c1-22(2,3)30-21(29)27-9-7-15(8-10-27)13-28-14-16(11-25-28)19-12-24-18-6-4-5-17(23)20(18)26-19/h4-6,11-12,14-15H,7-10,13H2,1-3H3. The van der Waals surface area contributed by atoms with Crippen molar-refractivity contribution < 1.29 is 9.53 Å². The topological polar surface area (TPSA) is 73.1 Å². The fourth-order valence-corrected chi connectivity index (χ4v) is 4.07. The number of hydrogen-bond donors (Lipinski definition) is 0. The van der Waals surface area contributed by atoms with E-state index in [4.69, 9.17) is 9.72 Å². The van der Waals surface area contributed by atoms with Gasteiger partial charge in [0.1, 0.15) is 11.1 Å². The highest BCUT2D eigenvalue weighted by Crippen LogP contribution is 2.25. The number of para-hydroxylation sites is 1. The van der Waals surface area contributed by atoms with Crippen LogP contribution in [-0.2, 0) is 11.3 Å². The van der Waals surface area contributed by atoms with Crippen LogP contribution >= 0.6 is 15.9 Å². The summed E-state index contributed by atoms with van der Waals surface area (Å²) >= 11 is 3.55. The van der Waals surface area contributed by atoms with E-state index in [1.807, 2.05) is 56.0 Å². The molecule has 0 aliphatic carbocycles. The summed E-state index contributed by atoms with van der Waals surface area (Å²) in [5.74, 6) is 0.480. The Morgan fingerprint density at radius 1 is 1.23 bits per heavy atom. The first kappa shape index (κ1) is 20.8. The van der Waals surface area contributed by atoms with Crippen molar-refractivity contribution in [2.24, 2.45) is 5.92 Å². The Balaban J connectivity index is 1.38. The van der Waals surface area contributed by atoms with E-state index in [1.165, 1.54) is 0 Å². The number of likely N-dealkylation sites (tertiary alicyclic amines) is 1. The van der Waals surface area contributed by atoms with Gasteiger partial charge in [-0.15, -0.1) is 0 Å². The van der Waals surface area contributed by atoms with Crippen LogP contribution in [0.25, 0.3) is 22.3 Å². The molecule has 0 radical (unpaired) electrons. The first-order valence-electron chi connectivity index (χ1n) is 10.2. The zero-order valence-corrected chi connectivity index (χ0v) is 19.1. The molecular formula is C22H26BrN5O2. The van der Waals surface area contributed by atoms with Crippen molar-refractivity contribution in [3.63, 3.8) is 0 Å². The van der Waals surface area contributed by atoms with Crippen LogP contribution in [0.15, 0.2) is 41.3 Å². The third-order valence-corrected chi connectivity index (χ3v) is 5.80. The van der Waals surface area contributed by atoms with E-state index in [0.29, 0.717) is 5.92 Å². The largest absolute Gasteiger partial charge is 0.444 e. The lowest BCUT2D eigenvalue weighted by Gasteiger charge is -2.33. The van der Waals surface area contributed by atoms with Crippen LogP contribution in [-0.4, -0.2) is 49.4 Å². The molecule has 1 aromatic carbocycles. The summed E-state index contributed by atoms with van der Waals surface area (Å²) in [7, 11) is 0. The molecule has 4 rings (SSSR count). The summed E-state index contributed by atoms with van der Waals surface area (Å²) < 4.78 is 8.37.